The normalized spacial score (nSPS) is 18.7. The number of piperidine rings is 1. The van der Waals surface area contributed by atoms with E-state index in [1.54, 1.807) is 12.1 Å². The van der Waals surface area contributed by atoms with Gasteiger partial charge >= 0.3 is 0 Å². The van der Waals surface area contributed by atoms with Crippen molar-refractivity contribution in [1.82, 2.24) is 9.80 Å². The minimum absolute atomic E-state index is 0.0276. The lowest BCUT2D eigenvalue weighted by atomic mass is 10.0. The molecular weight excluding hydrogens is 364 g/mol. The van der Waals surface area contributed by atoms with Gasteiger partial charge in [0, 0.05) is 24.7 Å². The molecule has 150 valence electrons. The van der Waals surface area contributed by atoms with Gasteiger partial charge in [-0.2, -0.15) is 0 Å². The number of carbonyl (C=O) groups is 1. The zero-order valence-corrected chi connectivity index (χ0v) is 17.3. The van der Waals surface area contributed by atoms with Gasteiger partial charge < -0.3 is 19.3 Å². The smallest absolute Gasteiger partial charge is 0.254 e. The van der Waals surface area contributed by atoms with Gasteiger partial charge in [0.25, 0.3) is 5.91 Å². The van der Waals surface area contributed by atoms with E-state index in [9.17, 15) is 4.79 Å². The first kappa shape index (κ1) is 20.3. The first-order chi connectivity index (χ1) is 13.1. The molecule has 1 aromatic rings. The topological polar surface area (TPSA) is 42.0 Å². The van der Waals surface area contributed by atoms with Crippen LogP contribution in [0.15, 0.2) is 12.1 Å². The molecular formula is C21H31ClN2O3. The number of ether oxygens (including phenoxy) is 2. The summed E-state index contributed by atoms with van der Waals surface area (Å²) in [5, 5.41) is 0.435. The first-order valence-electron chi connectivity index (χ1n) is 10.3. The Kier molecular flexibility index (Phi) is 7.25. The molecule has 2 aliphatic heterocycles. The van der Waals surface area contributed by atoms with Crippen molar-refractivity contribution in [3.8, 4) is 11.5 Å². The van der Waals surface area contributed by atoms with Crippen LogP contribution in [0.4, 0.5) is 0 Å². The van der Waals surface area contributed by atoms with Crippen LogP contribution in [-0.2, 0) is 0 Å². The molecule has 0 N–H and O–H groups in total. The van der Waals surface area contributed by atoms with E-state index in [0.29, 0.717) is 41.3 Å². The molecule has 0 aromatic heterocycles. The van der Waals surface area contributed by atoms with E-state index in [1.165, 1.54) is 25.9 Å². The van der Waals surface area contributed by atoms with Crippen molar-refractivity contribution in [2.45, 2.75) is 52.0 Å². The van der Waals surface area contributed by atoms with Crippen LogP contribution in [0.25, 0.3) is 0 Å². The van der Waals surface area contributed by atoms with Crippen molar-refractivity contribution in [2.75, 3.05) is 39.4 Å². The van der Waals surface area contributed by atoms with Gasteiger partial charge in [-0.1, -0.05) is 18.5 Å². The summed E-state index contributed by atoms with van der Waals surface area (Å²) in [7, 11) is 0. The number of carbonyl (C=O) groups excluding carboxylic acids is 1. The van der Waals surface area contributed by atoms with Crippen LogP contribution in [0.1, 0.15) is 56.3 Å². The third-order valence-electron chi connectivity index (χ3n) is 5.42. The highest BCUT2D eigenvalue weighted by atomic mass is 35.5. The van der Waals surface area contributed by atoms with Crippen LogP contribution in [0.5, 0.6) is 11.5 Å². The SMILES string of the molecule is CCCOc1c(Cl)cc(C(=O)N2CCC(N3CCCC3)CC2)cc1OCC. The third kappa shape index (κ3) is 4.88. The second kappa shape index (κ2) is 9.65. The maximum atomic E-state index is 13.0. The summed E-state index contributed by atoms with van der Waals surface area (Å²) in [6.45, 7) is 9.05. The summed E-state index contributed by atoms with van der Waals surface area (Å²) in [4.78, 5) is 17.6. The lowest BCUT2D eigenvalue weighted by Gasteiger charge is -2.36. The first-order valence-corrected chi connectivity index (χ1v) is 10.6. The molecule has 6 heteroatoms. The van der Waals surface area contributed by atoms with Crippen LogP contribution >= 0.6 is 11.6 Å². The van der Waals surface area contributed by atoms with E-state index in [-0.39, 0.29) is 5.91 Å². The molecule has 2 saturated heterocycles. The number of halogens is 1. The number of benzene rings is 1. The number of likely N-dealkylation sites (tertiary alicyclic amines) is 2. The fraction of sp³-hybridized carbons (Fsp3) is 0.667. The molecule has 2 aliphatic rings. The number of hydrogen-bond donors (Lipinski definition) is 0. The fourth-order valence-electron chi connectivity index (χ4n) is 4.02. The molecule has 27 heavy (non-hydrogen) atoms. The van der Waals surface area contributed by atoms with E-state index < -0.39 is 0 Å². The predicted molar refractivity (Wildman–Crippen MR) is 108 cm³/mol. The second-order valence-corrected chi connectivity index (χ2v) is 7.74. The number of amides is 1. The molecule has 0 bridgehead atoms. The van der Waals surface area contributed by atoms with Crippen LogP contribution in [0.2, 0.25) is 5.02 Å². The molecule has 2 heterocycles. The summed E-state index contributed by atoms with van der Waals surface area (Å²) in [6, 6.07) is 4.11. The standard InChI is InChI=1S/C21H31ClN2O3/c1-3-13-27-20-18(22)14-16(15-19(20)26-4-2)21(25)24-11-7-17(8-12-24)23-9-5-6-10-23/h14-15,17H,3-13H2,1-2H3. The number of nitrogens with zero attached hydrogens (tertiary/aromatic N) is 2. The monoisotopic (exact) mass is 394 g/mol. The molecule has 0 aliphatic carbocycles. The van der Waals surface area contributed by atoms with E-state index in [1.807, 2.05) is 18.7 Å². The maximum Gasteiger partial charge on any atom is 0.254 e. The van der Waals surface area contributed by atoms with Crippen molar-refractivity contribution in [3.63, 3.8) is 0 Å². The third-order valence-corrected chi connectivity index (χ3v) is 5.70. The van der Waals surface area contributed by atoms with E-state index in [4.69, 9.17) is 21.1 Å². The summed E-state index contributed by atoms with van der Waals surface area (Å²) in [5.74, 6) is 1.11. The second-order valence-electron chi connectivity index (χ2n) is 7.33. The Labute approximate surface area is 167 Å². The largest absolute Gasteiger partial charge is 0.490 e. The average Bonchev–Trinajstić information content (AvgIpc) is 3.22. The summed E-state index contributed by atoms with van der Waals surface area (Å²) in [6.07, 6.45) is 5.61. The van der Waals surface area contributed by atoms with Crippen molar-refractivity contribution < 1.29 is 14.3 Å². The molecule has 1 aromatic carbocycles. The summed E-state index contributed by atoms with van der Waals surface area (Å²) in [5.41, 5.74) is 0.576. The van der Waals surface area contributed by atoms with Gasteiger partial charge in [-0.15, -0.1) is 0 Å². The molecule has 0 spiro atoms. The Bertz CT molecular complexity index is 639. The van der Waals surface area contributed by atoms with Gasteiger partial charge in [-0.25, -0.2) is 0 Å². The van der Waals surface area contributed by atoms with Crippen molar-refractivity contribution in [2.24, 2.45) is 0 Å². The molecule has 0 unspecified atom stereocenters. The van der Waals surface area contributed by atoms with Crippen molar-refractivity contribution in [1.29, 1.82) is 0 Å². The lowest BCUT2D eigenvalue weighted by molar-refractivity contribution is 0.0644. The fourth-order valence-corrected chi connectivity index (χ4v) is 4.29. The summed E-state index contributed by atoms with van der Waals surface area (Å²) < 4.78 is 11.4. The zero-order valence-electron chi connectivity index (χ0n) is 16.5. The predicted octanol–water partition coefficient (Wildman–Crippen LogP) is 4.23. The van der Waals surface area contributed by atoms with Gasteiger partial charge in [0.05, 0.1) is 18.2 Å². The zero-order chi connectivity index (χ0) is 19.2. The Morgan fingerprint density at radius 2 is 1.81 bits per heavy atom. The van der Waals surface area contributed by atoms with Gasteiger partial charge in [-0.05, 0) is 64.3 Å². The van der Waals surface area contributed by atoms with Crippen LogP contribution in [0, 0.1) is 0 Å². The van der Waals surface area contributed by atoms with Crippen LogP contribution < -0.4 is 9.47 Å². The van der Waals surface area contributed by atoms with E-state index in [2.05, 4.69) is 4.90 Å². The Morgan fingerprint density at radius 1 is 1.11 bits per heavy atom. The minimum Gasteiger partial charge on any atom is -0.490 e. The lowest BCUT2D eigenvalue weighted by Crippen LogP contribution is -2.45. The van der Waals surface area contributed by atoms with Crippen molar-refractivity contribution in [3.05, 3.63) is 22.7 Å². The Morgan fingerprint density at radius 3 is 2.44 bits per heavy atom. The van der Waals surface area contributed by atoms with E-state index in [0.717, 1.165) is 32.4 Å². The van der Waals surface area contributed by atoms with Crippen molar-refractivity contribution >= 4 is 17.5 Å². The summed E-state index contributed by atoms with van der Waals surface area (Å²) >= 11 is 6.42. The number of rotatable bonds is 7. The Hall–Kier alpha value is -1.46. The van der Waals surface area contributed by atoms with Crippen LogP contribution in [-0.4, -0.2) is 61.1 Å². The average molecular weight is 395 g/mol. The highest BCUT2D eigenvalue weighted by Gasteiger charge is 2.29. The molecule has 0 atom stereocenters. The number of hydrogen-bond acceptors (Lipinski definition) is 4. The molecule has 2 fully saturated rings. The highest BCUT2D eigenvalue weighted by Crippen LogP contribution is 2.37. The van der Waals surface area contributed by atoms with Crippen LogP contribution in [0.3, 0.4) is 0 Å². The molecule has 5 nitrogen and oxygen atoms in total. The molecule has 3 rings (SSSR count). The van der Waals surface area contributed by atoms with Gasteiger partial charge in [0.15, 0.2) is 11.5 Å². The van der Waals surface area contributed by atoms with Gasteiger partial charge in [0.1, 0.15) is 0 Å². The maximum absolute atomic E-state index is 13.0. The molecule has 0 saturated carbocycles. The quantitative estimate of drug-likeness (QED) is 0.694. The Balaban J connectivity index is 1.68. The van der Waals surface area contributed by atoms with E-state index >= 15 is 0 Å². The highest BCUT2D eigenvalue weighted by molar-refractivity contribution is 6.32. The minimum atomic E-state index is 0.0276. The molecule has 1 amide bonds. The molecule has 0 radical (unpaired) electrons. The van der Waals surface area contributed by atoms with Gasteiger partial charge in [0.2, 0.25) is 0 Å². The van der Waals surface area contributed by atoms with Gasteiger partial charge in [-0.3, -0.25) is 4.79 Å².